The molecule has 0 amide bonds. The van der Waals surface area contributed by atoms with Crippen molar-refractivity contribution in [1.29, 1.82) is 0 Å². The normalized spacial score (nSPS) is 10.6. The molecule has 0 aromatic carbocycles. The highest BCUT2D eigenvalue weighted by molar-refractivity contribution is 5.75. The Kier molecular flexibility index (Phi) is 3.97. The van der Waals surface area contributed by atoms with Crippen LogP contribution in [0.3, 0.4) is 0 Å². The molecule has 1 N–H and O–H groups in total. The monoisotopic (exact) mass is 310 g/mol. The summed E-state index contributed by atoms with van der Waals surface area (Å²) in [6.07, 6.45) is 3.52. The Balaban J connectivity index is 2.05. The number of pyridine rings is 2. The highest BCUT2D eigenvalue weighted by Crippen LogP contribution is 2.33. The molecule has 0 aliphatic carbocycles. The van der Waals surface area contributed by atoms with Crippen LogP contribution in [0.4, 0.5) is 11.4 Å². The predicted molar refractivity (Wildman–Crippen MR) is 88.0 cm³/mol. The third-order valence-corrected chi connectivity index (χ3v) is 3.64. The average molecular weight is 310 g/mol. The molecule has 3 heterocycles. The molecule has 6 nitrogen and oxygen atoms in total. The fourth-order valence-electron chi connectivity index (χ4n) is 2.50. The van der Waals surface area contributed by atoms with Gasteiger partial charge in [0.25, 0.3) is 0 Å². The maximum Gasteiger partial charge on any atom is 0.237 e. The van der Waals surface area contributed by atoms with Gasteiger partial charge in [-0.2, -0.15) is 0 Å². The number of methoxy groups -OCH3 is 1. The molecule has 3 rings (SSSR count). The molecule has 3 aromatic heterocycles. The maximum atomic E-state index is 5.36. The van der Waals surface area contributed by atoms with Crippen LogP contribution in [0.15, 0.2) is 35.1 Å². The molecule has 0 bridgehead atoms. The first-order chi connectivity index (χ1) is 11.1. The Morgan fingerprint density at radius 3 is 2.57 bits per heavy atom. The molecule has 0 radical (unpaired) electrons. The van der Waals surface area contributed by atoms with Crippen LogP contribution >= 0.6 is 0 Å². The van der Waals surface area contributed by atoms with E-state index in [1.807, 2.05) is 39.0 Å². The van der Waals surface area contributed by atoms with Gasteiger partial charge in [0, 0.05) is 23.5 Å². The number of hydrogen-bond donors (Lipinski definition) is 1. The summed E-state index contributed by atoms with van der Waals surface area (Å²) < 4.78 is 10.6. The van der Waals surface area contributed by atoms with Crippen LogP contribution in [-0.2, 0) is 0 Å². The SMILES string of the molecule is COc1ncc(-c2c(C)noc2C)cc1Nc1cccnc1C. The number of hydrogen-bond acceptors (Lipinski definition) is 6. The van der Waals surface area contributed by atoms with Crippen molar-refractivity contribution < 1.29 is 9.26 Å². The molecule has 0 saturated heterocycles. The van der Waals surface area contributed by atoms with E-state index in [0.29, 0.717) is 5.88 Å². The number of aromatic nitrogens is 3. The van der Waals surface area contributed by atoms with E-state index in [0.717, 1.165) is 39.6 Å². The van der Waals surface area contributed by atoms with Crippen molar-refractivity contribution in [2.45, 2.75) is 20.8 Å². The Morgan fingerprint density at radius 2 is 1.91 bits per heavy atom. The summed E-state index contributed by atoms with van der Waals surface area (Å²) in [5, 5.41) is 7.33. The standard InChI is InChI=1S/C17H18N4O2/c1-10-14(6-5-7-18-10)20-15-8-13(9-19-17(15)22-4)16-11(2)21-23-12(16)3/h5-9,20H,1-4H3. The van der Waals surface area contributed by atoms with Crippen LogP contribution in [-0.4, -0.2) is 22.2 Å². The van der Waals surface area contributed by atoms with Gasteiger partial charge < -0.3 is 14.6 Å². The topological polar surface area (TPSA) is 73.1 Å². The molecule has 0 atom stereocenters. The van der Waals surface area contributed by atoms with Crippen LogP contribution in [0.25, 0.3) is 11.1 Å². The molecule has 0 aliphatic heterocycles. The van der Waals surface area contributed by atoms with Crippen molar-refractivity contribution in [3.63, 3.8) is 0 Å². The average Bonchev–Trinajstić information content (AvgIpc) is 2.88. The lowest BCUT2D eigenvalue weighted by molar-refractivity contribution is 0.393. The Bertz CT molecular complexity index is 823. The first kappa shape index (κ1) is 15.0. The lowest BCUT2D eigenvalue weighted by Crippen LogP contribution is -2.00. The summed E-state index contributed by atoms with van der Waals surface area (Å²) in [4.78, 5) is 8.67. The van der Waals surface area contributed by atoms with Crippen molar-refractivity contribution in [2.24, 2.45) is 0 Å². The van der Waals surface area contributed by atoms with Crippen molar-refractivity contribution in [3.8, 4) is 17.0 Å². The summed E-state index contributed by atoms with van der Waals surface area (Å²) in [6.45, 7) is 5.74. The van der Waals surface area contributed by atoms with Crippen molar-refractivity contribution in [1.82, 2.24) is 15.1 Å². The van der Waals surface area contributed by atoms with E-state index < -0.39 is 0 Å². The summed E-state index contributed by atoms with van der Waals surface area (Å²) in [6, 6.07) is 5.82. The van der Waals surface area contributed by atoms with Gasteiger partial charge in [0.1, 0.15) is 11.4 Å². The first-order valence-electron chi connectivity index (χ1n) is 7.26. The smallest absolute Gasteiger partial charge is 0.237 e. The molecule has 3 aromatic rings. The summed E-state index contributed by atoms with van der Waals surface area (Å²) in [5.41, 5.74) is 5.28. The Hall–Kier alpha value is -2.89. The Morgan fingerprint density at radius 1 is 1.09 bits per heavy atom. The van der Waals surface area contributed by atoms with Gasteiger partial charge in [0.15, 0.2) is 0 Å². The molecule has 0 fully saturated rings. The zero-order chi connectivity index (χ0) is 16.4. The maximum absolute atomic E-state index is 5.36. The summed E-state index contributed by atoms with van der Waals surface area (Å²) in [7, 11) is 1.60. The van der Waals surface area contributed by atoms with Gasteiger partial charge in [0.2, 0.25) is 5.88 Å². The van der Waals surface area contributed by atoms with E-state index >= 15 is 0 Å². The predicted octanol–water partition coefficient (Wildman–Crippen LogP) is 3.81. The van der Waals surface area contributed by atoms with E-state index in [4.69, 9.17) is 9.26 Å². The molecule has 0 unspecified atom stereocenters. The lowest BCUT2D eigenvalue weighted by atomic mass is 10.1. The number of nitrogens with zero attached hydrogens (tertiary/aromatic N) is 3. The van der Waals surface area contributed by atoms with Crippen LogP contribution in [0.5, 0.6) is 5.88 Å². The number of nitrogens with one attached hydrogen (secondary N) is 1. The zero-order valence-corrected chi connectivity index (χ0v) is 13.5. The van der Waals surface area contributed by atoms with Gasteiger partial charge in [0.05, 0.1) is 24.2 Å². The van der Waals surface area contributed by atoms with Crippen molar-refractivity contribution in [2.75, 3.05) is 12.4 Å². The molecule has 118 valence electrons. The molecule has 0 saturated carbocycles. The van der Waals surface area contributed by atoms with E-state index in [1.54, 1.807) is 19.5 Å². The van der Waals surface area contributed by atoms with Gasteiger partial charge in [-0.25, -0.2) is 4.98 Å². The number of ether oxygens (including phenoxy) is 1. The van der Waals surface area contributed by atoms with Crippen LogP contribution in [0.2, 0.25) is 0 Å². The number of rotatable bonds is 4. The van der Waals surface area contributed by atoms with E-state index in [9.17, 15) is 0 Å². The second-order valence-electron chi connectivity index (χ2n) is 5.24. The molecule has 23 heavy (non-hydrogen) atoms. The molecular formula is C17H18N4O2. The third kappa shape index (κ3) is 2.88. The Labute approximate surface area is 134 Å². The first-order valence-corrected chi connectivity index (χ1v) is 7.26. The van der Waals surface area contributed by atoms with E-state index in [-0.39, 0.29) is 0 Å². The van der Waals surface area contributed by atoms with Crippen LogP contribution in [0.1, 0.15) is 17.1 Å². The van der Waals surface area contributed by atoms with Crippen LogP contribution < -0.4 is 10.1 Å². The van der Waals surface area contributed by atoms with E-state index in [1.165, 1.54) is 0 Å². The minimum absolute atomic E-state index is 0.517. The number of aryl methyl sites for hydroxylation is 3. The van der Waals surface area contributed by atoms with Gasteiger partial charge in [-0.1, -0.05) is 5.16 Å². The van der Waals surface area contributed by atoms with Crippen LogP contribution in [0, 0.1) is 20.8 Å². The van der Waals surface area contributed by atoms with Crippen molar-refractivity contribution >= 4 is 11.4 Å². The molecular weight excluding hydrogens is 292 g/mol. The second kappa shape index (κ2) is 6.08. The zero-order valence-electron chi connectivity index (χ0n) is 13.5. The summed E-state index contributed by atoms with van der Waals surface area (Å²) >= 11 is 0. The van der Waals surface area contributed by atoms with E-state index in [2.05, 4.69) is 20.4 Å². The van der Waals surface area contributed by atoms with Crippen molar-refractivity contribution in [3.05, 3.63) is 47.7 Å². The summed E-state index contributed by atoms with van der Waals surface area (Å²) in [5.74, 6) is 1.28. The van der Waals surface area contributed by atoms with Gasteiger partial charge in [-0.05, 0) is 39.0 Å². The molecule has 0 spiro atoms. The minimum atomic E-state index is 0.517. The largest absolute Gasteiger partial charge is 0.480 e. The van der Waals surface area contributed by atoms with Gasteiger partial charge in [-0.15, -0.1) is 0 Å². The fourth-order valence-corrected chi connectivity index (χ4v) is 2.50. The second-order valence-corrected chi connectivity index (χ2v) is 5.24. The number of anilines is 2. The van der Waals surface area contributed by atoms with Gasteiger partial charge in [-0.3, -0.25) is 4.98 Å². The van der Waals surface area contributed by atoms with Gasteiger partial charge >= 0.3 is 0 Å². The molecule has 6 heteroatoms. The lowest BCUT2D eigenvalue weighted by Gasteiger charge is -2.13. The minimum Gasteiger partial charge on any atom is -0.480 e. The molecule has 0 aliphatic rings. The fraction of sp³-hybridized carbons (Fsp3) is 0.235. The quantitative estimate of drug-likeness (QED) is 0.790. The highest BCUT2D eigenvalue weighted by Gasteiger charge is 2.15. The highest BCUT2D eigenvalue weighted by atomic mass is 16.5. The third-order valence-electron chi connectivity index (χ3n) is 3.64.